The number of aliphatic hydroxyl groups is 1. The lowest BCUT2D eigenvalue weighted by Gasteiger charge is -2.16. The van der Waals surface area contributed by atoms with Crippen LogP contribution in [0.1, 0.15) is 5.56 Å². The molecular formula is C19H18N4O5. The number of carbonyl (C=O) groups is 2. The molecule has 0 fully saturated rings. The van der Waals surface area contributed by atoms with Gasteiger partial charge in [-0.1, -0.05) is 6.07 Å². The van der Waals surface area contributed by atoms with Gasteiger partial charge in [-0.05, 0) is 35.9 Å². The van der Waals surface area contributed by atoms with Gasteiger partial charge in [-0.15, -0.1) is 0 Å². The first kappa shape index (κ1) is 17.8. The molecule has 1 aliphatic heterocycles. The number of hydrogen-bond acceptors (Lipinski definition) is 6. The Morgan fingerprint density at radius 3 is 2.89 bits per heavy atom. The maximum Gasteiger partial charge on any atom is 0.249 e. The van der Waals surface area contributed by atoms with Gasteiger partial charge < -0.3 is 25.2 Å². The summed E-state index contributed by atoms with van der Waals surface area (Å²) in [4.78, 5) is 24.7. The van der Waals surface area contributed by atoms with Gasteiger partial charge in [-0.25, -0.2) is 0 Å². The van der Waals surface area contributed by atoms with Crippen molar-refractivity contribution in [3.63, 3.8) is 0 Å². The first-order valence-corrected chi connectivity index (χ1v) is 8.65. The molecule has 4 N–H and O–H groups in total. The average molecular weight is 382 g/mol. The summed E-state index contributed by atoms with van der Waals surface area (Å²) in [6.45, 7) is -0.368. The smallest absolute Gasteiger partial charge is 0.249 e. The zero-order chi connectivity index (χ0) is 19.5. The molecule has 28 heavy (non-hydrogen) atoms. The fourth-order valence-electron chi connectivity index (χ4n) is 2.92. The lowest BCUT2D eigenvalue weighted by Crippen LogP contribution is -2.46. The molecule has 2 heterocycles. The monoisotopic (exact) mass is 382 g/mol. The van der Waals surface area contributed by atoms with Gasteiger partial charge in [0, 0.05) is 11.1 Å². The number of fused-ring (bicyclic) bond motifs is 2. The molecule has 0 bridgehead atoms. The van der Waals surface area contributed by atoms with Gasteiger partial charge in [0.1, 0.15) is 6.04 Å². The van der Waals surface area contributed by atoms with Gasteiger partial charge in [0.2, 0.25) is 18.6 Å². The quantitative estimate of drug-likeness (QED) is 0.503. The second-order valence-electron chi connectivity index (χ2n) is 6.33. The average Bonchev–Trinajstić information content (AvgIpc) is 3.34. The number of benzene rings is 2. The number of nitrogens with zero attached hydrogens (tertiary/aromatic N) is 1. The van der Waals surface area contributed by atoms with Gasteiger partial charge in [0.25, 0.3) is 0 Å². The maximum absolute atomic E-state index is 12.4. The third kappa shape index (κ3) is 3.74. The Morgan fingerprint density at radius 1 is 1.18 bits per heavy atom. The summed E-state index contributed by atoms with van der Waals surface area (Å²) in [5, 5.41) is 22.4. The first-order valence-electron chi connectivity index (χ1n) is 8.65. The Kier molecular flexibility index (Phi) is 4.81. The largest absolute Gasteiger partial charge is 0.454 e. The SMILES string of the molecule is O=C(Cc1ccc2c(c1)OCO2)N[C@@H](CO)C(=O)Nc1ccc2cn[nH]c2c1. The van der Waals surface area contributed by atoms with Crippen molar-refractivity contribution >= 4 is 28.4 Å². The van der Waals surface area contributed by atoms with Crippen LogP contribution in [0.2, 0.25) is 0 Å². The van der Waals surface area contributed by atoms with Crippen molar-refractivity contribution in [2.24, 2.45) is 0 Å². The van der Waals surface area contributed by atoms with E-state index in [0.29, 0.717) is 22.7 Å². The van der Waals surface area contributed by atoms with E-state index in [1.54, 1.807) is 42.6 Å². The predicted molar refractivity (Wildman–Crippen MR) is 100 cm³/mol. The van der Waals surface area contributed by atoms with Gasteiger partial charge in [0.05, 0.1) is 24.7 Å². The van der Waals surface area contributed by atoms with Gasteiger partial charge >= 0.3 is 0 Å². The van der Waals surface area contributed by atoms with E-state index in [0.717, 1.165) is 10.9 Å². The Morgan fingerprint density at radius 2 is 2.04 bits per heavy atom. The maximum atomic E-state index is 12.4. The molecule has 0 spiro atoms. The minimum Gasteiger partial charge on any atom is -0.454 e. The molecular weight excluding hydrogens is 364 g/mol. The van der Waals surface area contributed by atoms with Crippen LogP contribution in [0.4, 0.5) is 5.69 Å². The van der Waals surface area contributed by atoms with Crippen molar-refractivity contribution in [3.8, 4) is 11.5 Å². The molecule has 9 heteroatoms. The van der Waals surface area contributed by atoms with Crippen molar-refractivity contribution in [2.45, 2.75) is 12.5 Å². The number of carbonyl (C=O) groups excluding carboxylic acids is 2. The number of nitrogens with one attached hydrogen (secondary N) is 3. The van der Waals surface area contributed by atoms with Gasteiger partial charge in [-0.2, -0.15) is 5.10 Å². The minimum absolute atomic E-state index is 0.0422. The van der Waals surface area contributed by atoms with E-state index in [9.17, 15) is 14.7 Å². The second kappa shape index (κ2) is 7.57. The van der Waals surface area contributed by atoms with E-state index in [1.807, 2.05) is 0 Å². The molecule has 1 aromatic heterocycles. The number of ether oxygens (including phenoxy) is 2. The topological polar surface area (TPSA) is 126 Å². The Labute approximate surface area is 159 Å². The van der Waals surface area contributed by atoms with E-state index in [2.05, 4.69) is 20.8 Å². The highest BCUT2D eigenvalue weighted by Crippen LogP contribution is 2.32. The van der Waals surface area contributed by atoms with Gasteiger partial charge in [0.15, 0.2) is 11.5 Å². The number of aromatic amines is 1. The fourth-order valence-corrected chi connectivity index (χ4v) is 2.92. The minimum atomic E-state index is -1.07. The van der Waals surface area contributed by atoms with Crippen LogP contribution in [-0.4, -0.2) is 46.6 Å². The predicted octanol–water partition coefficient (Wildman–Crippen LogP) is 0.950. The summed E-state index contributed by atoms with van der Waals surface area (Å²) in [5.41, 5.74) is 2.01. The highest BCUT2D eigenvalue weighted by atomic mass is 16.7. The van der Waals surface area contributed by atoms with E-state index in [4.69, 9.17) is 9.47 Å². The number of aliphatic hydroxyl groups excluding tert-OH is 1. The van der Waals surface area contributed by atoms with Crippen molar-refractivity contribution in [1.82, 2.24) is 15.5 Å². The highest BCUT2D eigenvalue weighted by Gasteiger charge is 2.21. The van der Waals surface area contributed by atoms with Crippen LogP contribution >= 0.6 is 0 Å². The van der Waals surface area contributed by atoms with E-state index in [1.165, 1.54) is 0 Å². The number of hydrogen-bond donors (Lipinski definition) is 4. The number of anilines is 1. The summed E-state index contributed by atoms with van der Waals surface area (Å²) in [6, 6.07) is 9.38. The molecule has 3 aromatic rings. The normalized spacial score (nSPS) is 13.3. The van der Waals surface area contributed by atoms with E-state index < -0.39 is 24.5 Å². The van der Waals surface area contributed by atoms with Crippen LogP contribution in [0.15, 0.2) is 42.6 Å². The van der Waals surface area contributed by atoms with Crippen molar-refractivity contribution in [1.29, 1.82) is 0 Å². The molecule has 4 rings (SSSR count). The molecule has 1 aliphatic rings. The molecule has 0 saturated heterocycles. The molecule has 2 aromatic carbocycles. The highest BCUT2D eigenvalue weighted by molar-refractivity contribution is 5.98. The number of H-pyrrole nitrogens is 1. The van der Waals surface area contributed by atoms with Crippen molar-refractivity contribution in [3.05, 3.63) is 48.2 Å². The van der Waals surface area contributed by atoms with Crippen LogP contribution < -0.4 is 20.1 Å². The van der Waals surface area contributed by atoms with Crippen molar-refractivity contribution < 1.29 is 24.2 Å². The Bertz CT molecular complexity index is 1030. The lowest BCUT2D eigenvalue weighted by molar-refractivity contribution is -0.126. The van der Waals surface area contributed by atoms with Crippen LogP contribution in [-0.2, 0) is 16.0 Å². The Hall–Kier alpha value is -3.59. The molecule has 144 valence electrons. The summed E-state index contributed by atoms with van der Waals surface area (Å²) >= 11 is 0. The van der Waals surface area contributed by atoms with E-state index >= 15 is 0 Å². The summed E-state index contributed by atoms with van der Waals surface area (Å²) in [7, 11) is 0. The third-order valence-corrected chi connectivity index (χ3v) is 4.35. The summed E-state index contributed by atoms with van der Waals surface area (Å²) in [5.74, 6) is 0.305. The zero-order valence-electron chi connectivity index (χ0n) is 14.8. The molecule has 0 unspecified atom stereocenters. The molecule has 2 amide bonds. The van der Waals surface area contributed by atoms with E-state index in [-0.39, 0.29) is 13.2 Å². The fraction of sp³-hybridized carbons (Fsp3) is 0.211. The second-order valence-corrected chi connectivity index (χ2v) is 6.33. The van der Waals surface area contributed by atoms with Crippen LogP contribution in [0.25, 0.3) is 10.9 Å². The van der Waals surface area contributed by atoms with Crippen LogP contribution in [0, 0.1) is 0 Å². The molecule has 0 radical (unpaired) electrons. The van der Waals surface area contributed by atoms with Crippen LogP contribution in [0.5, 0.6) is 11.5 Å². The number of rotatable bonds is 6. The number of amides is 2. The summed E-state index contributed by atoms with van der Waals surface area (Å²) < 4.78 is 10.5. The van der Waals surface area contributed by atoms with Gasteiger partial charge in [-0.3, -0.25) is 14.7 Å². The zero-order valence-corrected chi connectivity index (χ0v) is 14.8. The molecule has 0 aliphatic carbocycles. The lowest BCUT2D eigenvalue weighted by atomic mass is 10.1. The molecule has 0 saturated carbocycles. The van der Waals surface area contributed by atoms with Crippen molar-refractivity contribution in [2.75, 3.05) is 18.7 Å². The molecule has 1 atom stereocenters. The summed E-state index contributed by atoms with van der Waals surface area (Å²) in [6.07, 6.45) is 1.72. The third-order valence-electron chi connectivity index (χ3n) is 4.35. The Balaban J connectivity index is 1.37. The number of aromatic nitrogens is 2. The molecule has 9 nitrogen and oxygen atoms in total. The standard InChI is InChI=1S/C19H18N4O5/c24-9-15(19(26)21-13-3-2-12-8-20-23-14(12)7-13)22-18(25)6-11-1-4-16-17(5-11)28-10-27-16/h1-5,7-8,15,24H,6,9-10H2,(H,20,23)(H,21,26)(H,22,25)/t15-/m0/s1. The first-order chi connectivity index (χ1) is 13.6. The van der Waals surface area contributed by atoms with Crippen LogP contribution in [0.3, 0.4) is 0 Å².